The normalized spacial score (nSPS) is 14.4. The highest BCUT2D eigenvalue weighted by Crippen LogP contribution is 2.35. The second kappa shape index (κ2) is 12.7. The molecule has 1 saturated heterocycles. The van der Waals surface area contributed by atoms with E-state index in [9.17, 15) is 22.8 Å². The van der Waals surface area contributed by atoms with Crippen LogP contribution in [0.3, 0.4) is 0 Å². The van der Waals surface area contributed by atoms with Crippen LogP contribution in [0.2, 0.25) is 0 Å². The number of rotatable bonds is 8. The highest BCUT2D eigenvalue weighted by molar-refractivity contribution is 5.95. The first-order valence-corrected chi connectivity index (χ1v) is 14.4. The molecular formula is C33H34F3N5O4. The van der Waals surface area contributed by atoms with Crippen LogP contribution in [-0.2, 0) is 22.2 Å². The van der Waals surface area contributed by atoms with Gasteiger partial charge in [-0.2, -0.15) is 18.3 Å². The largest absolute Gasteiger partial charge is 0.444 e. The topological polar surface area (TPSA) is 107 Å². The molecule has 0 spiro atoms. The molecule has 3 heterocycles. The summed E-state index contributed by atoms with van der Waals surface area (Å²) in [5.41, 5.74) is 2.53. The number of hydrogen-bond donors (Lipinski definition) is 2. The summed E-state index contributed by atoms with van der Waals surface area (Å²) in [7, 11) is 0. The number of alkyl carbamates (subject to hydrolysis) is 1. The summed E-state index contributed by atoms with van der Waals surface area (Å²) in [6, 6.07) is 11.8. The Balaban J connectivity index is 1.29. The van der Waals surface area contributed by atoms with Gasteiger partial charge in [-0.15, -0.1) is 0 Å². The van der Waals surface area contributed by atoms with Crippen LogP contribution in [-0.4, -0.2) is 45.6 Å². The highest BCUT2D eigenvalue weighted by atomic mass is 19.4. The van der Waals surface area contributed by atoms with Crippen LogP contribution in [0.25, 0.3) is 22.3 Å². The SMILES string of the molecule is C[C@@H](NC(=O)c1cncc(-c2cnn(C3COC3)c2)c1)c1ccc(-c2cc(C(F)(F)F)ccc2CNC(=O)OC(C)(C)C)cc1. The maximum Gasteiger partial charge on any atom is 0.416 e. The minimum atomic E-state index is -4.54. The Hall–Kier alpha value is -4.71. The van der Waals surface area contributed by atoms with Crippen molar-refractivity contribution in [2.45, 2.75) is 58.1 Å². The van der Waals surface area contributed by atoms with Crippen LogP contribution in [0.1, 0.15) is 66.8 Å². The second-order valence-electron chi connectivity index (χ2n) is 11.9. The molecule has 2 N–H and O–H groups in total. The smallest absolute Gasteiger partial charge is 0.416 e. The molecule has 2 amide bonds. The molecule has 0 saturated carbocycles. The predicted molar refractivity (Wildman–Crippen MR) is 161 cm³/mol. The van der Waals surface area contributed by atoms with Gasteiger partial charge >= 0.3 is 12.3 Å². The Morgan fingerprint density at radius 1 is 1.00 bits per heavy atom. The molecule has 0 bridgehead atoms. The highest BCUT2D eigenvalue weighted by Gasteiger charge is 2.31. The molecule has 2 aromatic carbocycles. The van der Waals surface area contributed by atoms with E-state index in [4.69, 9.17) is 9.47 Å². The molecule has 0 radical (unpaired) electrons. The molecule has 1 fully saturated rings. The number of benzene rings is 2. The first kappa shape index (κ1) is 31.7. The van der Waals surface area contributed by atoms with Crippen molar-refractivity contribution in [1.29, 1.82) is 0 Å². The second-order valence-corrected chi connectivity index (χ2v) is 11.9. The lowest BCUT2D eigenvalue weighted by Crippen LogP contribution is -2.32. The van der Waals surface area contributed by atoms with E-state index in [1.54, 1.807) is 63.5 Å². The summed E-state index contributed by atoms with van der Waals surface area (Å²) >= 11 is 0. The van der Waals surface area contributed by atoms with Gasteiger partial charge in [0.2, 0.25) is 0 Å². The van der Waals surface area contributed by atoms with Gasteiger partial charge in [-0.3, -0.25) is 14.5 Å². The van der Waals surface area contributed by atoms with Crippen LogP contribution in [0.4, 0.5) is 18.0 Å². The van der Waals surface area contributed by atoms with E-state index in [1.165, 1.54) is 12.3 Å². The zero-order chi connectivity index (χ0) is 32.4. The number of nitrogens with one attached hydrogen (secondary N) is 2. The first-order valence-electron chi connectivity index (χ1n) is 14.4. The number of pyridine rings is 1. The summed E-state index contributed by atoms with van der Waals surface area (Å²) < 4.78 is 53.1. The van der Waals surface area contributed by atoms with Crippen molar-refractivity contribution in [3.8, 4) is 22.3 Å². The van der Waals surface area contributed by atoms with E-state index in [0.717, 1.165) is 28.8 Å². The average molecular weight is 622 g/mol. The summed E-state index contributed by atoms with van der Waals surface area (Å²) in [4.78, 5) is 29.5. The summed E-state index contributed by atoms with van der Waals surface area (Å²) in [6.45, 7) is 8.18. The number of carbonyl (C=O) groups is 2. The van der Waals surface area contributed by atoms with Gasteiger partial charge in [0.1, 0.15) is 5.60 Å². The molecule has 12 heteroatoms. The summed E-state index contributed by atoms with van der Waals surface area (Å²) in [6.07, 6.45) is 1.57. The van der Waals surface area contributed by atoms with Crippen LogP contribution in [0, 0.1) is 0 Å². The number of ether oxygens (including phenoxy) is 2. The van der Waals surface area contributed by atoms with Crippen LogP contribution in [0.5, 0.6) is 0 Å². The van der Waals surface area contributed by atoms with Crippen molar-refractivity contribution in [2.24, 2.45) is 0 Å². The number of aromatic nitrogens is 3. The third-order valence-electron chi connectivity index (χ3n) is 7.26. The fraction of sp³-hybridized carbons (Fsp3) is 0.333. The molecule has 236 valence electrons. The van der Waals surface area contributed by atoms with Crippen LogP contribution >= 0.6 is 0 Å². The monoisotopic (exact) mass is 621 g/mol. The first-order chi connectivity index (χ1) is 21.3. The van der Waals surface area contributed by atoms with Crippen LogP contribution < -0.4 is 10.6 Å². The Bertz CT molecular complexity index is 1670. The van der Waals surface area contributed by atoms with Gasteiger partial charge in [0.05, 0.1) is 42.6 Å². The van der Waals surface area contributed by atoms with Crippen molar-refractivity contribution < 1.29 is 32.2 Å². The third-order valence-corrected chi connectivity index (χ3v) is 7.26. The standard InChI is InChI=1S/C33H34F3N5O4/c1-20(40-30(42)25-11-24(13-37-14-25)26-16-39-41(17-26)28-18-44-19-28)21-5-7-22(8-6-21)29-12-27(33(34,35)36)10-9-23(29)15-38-31(43)45-32(2,3)4/h5-14,16-17,20,28H,15,18-19H2,1-4H3,(H,38,43)(H,40,42)/t20-/m1/s1. The van der Waals surface area contributed by atoms with E-state index in [2.05, 4.69) is 20.7 Å². The zero-order valence-electron chi connectivity index (χ0n) is 25.3. The third kappa shape index (κ3) is 7.88. The summed E-state index contributed by atoms with van der Waals surface area (Å²) in [5.74, 6) is -0.325. The molecule has 0 unspecified atom stereocenters. The Labute approximate surface area is 258 Å². The molecule has 0 aliphatic carbocycles. The molecule has 45 heavy (non-hydrogen) atoms. The maximum absolute atomic E-state index is 13.6. The van der Waals surface area contributed by atoms with E-state index in [-0.39, 0.29) is 18.5 Å². The van der Waals surface area contributed by atoms with Gasteiger partial charge < -0.3 is 20.1 Å². The number of alkyl halides is 3. The number of nitrogens with zero attached hydrogens (tertiary/aromatic N) is 3. The van der Waals surface area contributed by atoms with E-state index >= 15 is 0 Å². The van der Waals surface area contributed by atoms with Gasteiger partial charge in [0, 0.05) is 36.3 Å². The zero-order valence-corrected chi connectivity index (χ0v) is 25.3. The quantitative estimate of drug-likeness (QED) is 0.226. The lowest BCUT2D eigenvalue weighted by Gasteiger charge is -2.25. The van der Waals surface area contributed by atoms with E-state index < -0.39 is 29.5 Å². The Morgan fingerprint density at radius 3 is 2.38 bits per heavy atom. The molecule has 5 rings (SSSR count). The van der Waals surface area contributed by atoms with Crippen molar-refractivity contribution in [3.05, 3.63) is 95.6 Å². The fourth-order valence-corrected chi connectivity index (χ4v) is 4.76. The van der Waals surface area contributed by atoms with Gasteiger partial charge in [-0.25, -0.2) is 4.79 Å². The minimum Gasteiger partial charge on any atom is -0.444 e. The molecule has 1 aliphatic heterocycles. The molecule has 1 aliphatic rings. The van der Waals surface area contributed by atoms with E-state index in [1.807, 2.05) is 17.8 Å². The van der Waals surface area contributed by atoms with Gasteiger partial charge in [0.25, 0.3) is 5.91 Å². The minimum absolute atomic E-state index is 0.0283. The van der Waals surface area contributed by atoms with Crippen molar-refractivity contribution in [1.82, 2.24) is 25.4 Å². The fourth-order valence-electron chi connectivity index (χ4n) is 4.76. The molecule has 2 aromatic heterocycles. The average Bonchev–Trinajstić information content (AvgIpc) is 3.43. The van der Waals surface area contributed by atoms with Gasteiger partial charge in [-0.1, -0.05) is 30.3 Å². The molecular weight excluding hydrogens is 587 g/mol. The molecule has 4 aromatic rings. The van der Waals surface area contributed by atoms with Crippen molar-refractivity contribution in [3.63, 3.8) is 0 Å². The van der Waals surface area contributed by atoms with Crippen molar-refractivity contribution >= 4 is 12.0 Å². The lowest BCUT2D eigenvalue weighted by molar-refractivity contribution is -0.137. The molecule has 1 atom stereocenters. The number of hydrogen-bond acceptors (Lipinski definition) is 6. The summed E-state index contributed by atoms with van der Waals surface area (Å²) in [5, 5.41) is 9.96. The van der Waals surface area contributed by atoms with Gasteiger partial charge in [-0.05, 0) is 68.1 Å². The lowest BCUT2D eigenvalue weighted by atomic mass is 9.95. The Kier molecular flexibility index (Phi) is 8.96. The number of halogens is 3. The molecule has 9 nitrogen and oxygen atoms in total. The maximum atomic E-state index is 13.6. The Morgan fingerprint density at radius 2 is 1.73 bits per heavy atom. The number of carbonyl (C=O) groups excluding carboxylic acids is 2. The number of amides is 2. The van der Waals surface area contributed by atoms with Gasteiger partial charge in [0.15, 0.2) is 0 Å². The van der Waals surface area contributed by atoms with E-state index in [0.29, 0.717) is 35.5 Å². The van der Waals surface area contributed by atoms with Crippen molar-refractivity contribution in [2.75, 3.05) is 13.2 Å². The predicted octanol–water partition coefficient (Wildman–Crippen LogP) is 6.72. The van der Waals surface area contributed by atoms with Crippen LogP contribution in [0.15, 0.2) is 73.3 Å².